The second-order valence-corrected chi connectivity index (χ2v) is 7.94. The molecule has 26 heavy (non-hydrogen) atoms. The summed E-state index contributed by atoms with van der Waals surface area (Å²) in [6.07, 6.45) is -1.38. The lowest BCUT2D eigenvalue weighted by atomic mass is 9.92. The van der Waals surface area contributed by atoms with Gasteiger partial charge in [-0.3, -0.25) is 0 Å². The molecule has 6 nitrogen and oxygen atoms in total. The van der Waals surface area contributed by atoms with Crippen molar-refractivity contribution in [1.82, 2.24) is 0 Å². The highest BCUT2D eigenvalue weighted by molar-refractivity contribution is 7.89. The molecule has 0 aromatic heterocycles. The van der Waals surface area contributed by atoms with Crippen molar-refractivity contribution in [2.24, 2.45) is 5.73 Å². The van der Waals surface area contributed by atoms with Gasteiger partial charge in [-0.1, -0.05) is 64.1 Å². The van der Waals surface area contributed by atoms with Gasteiger partial charge in [0.2, 0.25) is 0 Å². The zero-order valence-corrected chi connectivity index (χ0v) is 16.2. The van der Waals surface area contributed by atoms with Crippen molar-refractivity contribution in [2.45, 2.75) is 39.5 Å². The molecule has 0 spiro atoms. The van der Waals surface area contributed by atoms with Gasteiger partial charge in [0.05, 0.1) is 11.4 Å². The standard InChI is InChI=1S/C19H24N2O4S/c1-13(2)16-11-8-12-17(14(3)4)18(16)21(15-9-6-5-7-10-15)26(23,24)25-19(20)22/h5-14H,1-4H3,(H2,20,22). The highest BCUT2D eigenvalue weighted by Gasteiger charge is 2.32. The van der Waals surface area contributed by atoms with E-state index < -0.39 is 16.4 Å². The lowest BCUT2D eigenvalue weighted by Gasteiger charge is -2.29. The average molecular weight is 376 g/mol. The van der Waals surface area contributed by atoms with Crippen molar-refractivity contribution < 1.29 is 17.4 Å². The molecular formula is C19H24N2O4S. The fourth-order valence-corrected chi connectivity index (χ4v) is 3.92. The molecule has 2 aromatic carbocycles. The van der Waals surface area contributed by atoms with Crippen LogP contribution in [-0.2, 0) is 14.5 Å². The van der Waals surface area contributed by atoms with Crippen molar-refractivity contribution in [3.05, 3.63) is 59.7 Å². The first-order chi connectivity index (χ1) is 12.1. The average Bonchev–Trinajstić information content (AvgIpc) is 2.54. The minimum Gasteiger partial charge on any atom is -0.334 e. The highest BCUT2D eigenvalue weighted by Crippen LogP contribution is 2.40. The molecule has 7 heteroatoms. The Morgan fingerprint density at radius 2 is 1.42 bits per heavy atom. The summed E-state index contributed by atoms with van der Waals surface area (Å²) < 4.78 is 31.4. The zero-order valence-electron chi connectivity index (χ0n) is 15.3. The summed E-state index contributed by atoms with van der Waals surface area (Å²) in [4.78, 5) is 11.2. The van der Waals surface area contributed by atoms with Gasteiger partial charge in [-0.05, 0) is 35.1 Å². The van der Waals surface area contributed by atoms with Crippen LogP contribution < -0.4 is 10.0 Å². The number of hydrogen-bond acceptors (Lipinski definition) is 4. The third kappa shape index (κ3) is 4.16. The van der Waals surface area contributed by atoms with Crippen molar-refractivity contribution in [2.75, 3.05) is 4.31 Å². The van der Waals surface area contributed by atoms with E-state index in [1.807, 2.05) is 45.9 Å². The molecule has 0 aliphatic carbocycles. The summed E-state index contributed by atoms with van der Waals surface area (Å²) in [6.45, 7) is 7.92. The fourth-order valence-electron chi connectivity index (χ4n) is 2.82. The second-order valence-electron chi connectivity index (χ2n) is 6.55. The summed E-state index contributed by atoms with van der Waals surface area (Å²) in [5.41, 5.74) is 7.52. The number of amides is 1. The van der Waals surface area contributed by atoms with Gasteiger partial charge in [0.15, 0.2) is 0 Å². The van der Waals surface area contributed by atoms with Gasteiger partial charge in [-0.25, -0.2) is 9.10 Å². The Labute approximate surface area is 154 Å². The number of hydrogen-bond donors (Lipinski definition) is 1. The minimum atomic E-state index is -4.48. The van der Waals surface area contributed by atoms with E-state index in [4.69, 9.17) is 5.73 Å². The third-order valence-electron chi connectivity index (χ3n) is 3.95. The smallest absolute Gasteiger partial charge is 0.334 e. The van der Waals surface area contributed by atoms with Crippen LogP contribution in [0.1, 0.15) is 50.7 Å². The van der Waals surface area contributed by atoms with E-state index in [9.17, 15) is 13.2 Å². The Morgan fingerprint density at radius 1 is 0.923 bits per heavy atom. The lowest BCUT2D eigenvalue weighted by Crippen LogP contribution is -2.33. The van der Waals surface area contributed by atoms with E-state index in [1.165, 1.54) is 0 Å². The molecule has 0 aliphatic rings. The van der Waals surface area contributed by atoms with Crippen molar-refractivity contribution >= 4 is 27.8 Å². The summed E-state index contributed by atoms with van der Waals surface area (Å²) in [7, 11) is -4.48. The van der Waals surface area contributed by atoms with Gasteiger partial charge in [0, 0.05) is 0 Å². The summed E-state index contributed by atoms with van der Waals surface area (Å²) >= 11 is 0. The first kappa shape index (κ1) is 19.8. The first-order valence-electron chi connectivity index (χ1n) is 8.37. The zero-order chi connectivity index (χ0) is 19.5. The van der Waals surface area contributed by atoms with Crippen molar-refractivity contribution in [3.8, 4) is 0 Å². The molecule has 0 saturated carbocycles. The highest BCUT2D eigenvalue weighted by atomic mass is 32.2. The van der Waals surface area contributed by atoms with E-state index in [0.29, 0.717) is 11.4 Å². The fraction of sp³-hybridized carbons (Fsp3) is 0.316. The number of primary amides is 1. The van der Waals surface area contributed by atoms with Crippen molar-refractivity contribution in [1.29, 1.82) is 0 Å². The number of rotatable bonds is 6. The first-order valence-corrected chi connectivity index (χ1v) is 9.73. The minimum absolute atomic E-state index is 0.0543. The summed E-state index contributed by atoms with van der Waals surface area (Å²) in [6, 6.07) is 14.2. The second kappa shape index (κ2) is 7.78. The van der Waals surface area contributed by atoms with Gasteiger partial charge in [-0.2, -0.15) is 8.42 Å². The van der Waals surface area contributed by atoms with Crippen molar-refractivity contribution in [3.63, 3.8) is 0 Å². The topological polar surface area (TPSA) is 89.7 Å². The molecule has 0 saturated heterocycles. The lowest BCUT2D eigenvalue weighted by molar-refractivity contribution is 0.213. The number of carbonyl (C=O) groups is 1. The molecular weight excluding hydrogens is 352 g/mol. The van der Waals surface area contributed by atoms with E-state index >= 15 is 0 Å². The number of anilines is 2. The maximum Gasteiger partial charge on any atom is 0.421 e. The molecule has 140 valence electrons. The van der Waals surface area contributed by atoms with Crippen LogP contribution in [0.4, 0.5) is 16.2 Å². The van der Waals surface area contributed by atoms with E-state index in [-0.39, 0.29) is 11.8 Å². The van der Waals surface area contributed by atoms with Crippen LogP contribution in [0.25, 0.3) is 0 Å². The quantitative estimate of drug-likeness (QED) is 0.808. The predicted octanol–water partition coefficient (Wildman–Crippen LogP) is 4.41. The number of benzene rings is 2. The molecule has 0 fully saturated rings. The molecule has 2 aromatic rings. The monoisotopic (exact) mass is 376 g/mol. The normalized spacial score (nSPS) is 11.6. The Kier molecular flexibility index (Phi) is 5.92. The molecule has 0 bridgehead atoms. The Hall–Kier alpha value is -2.54. The molecule has 0 atom stereocenters. The van der Waals surface area contributed by atoms with Crippen LogP contribution in [-0.4, -0.2) is 14.5 Å². The SMILES string of the molecule is CC(C)c1cccc(C(C)C)c1N(c1ccccc1)S(=O)(=O)OC(N)=O. The van der Waals surface area contributed by atoms with Gasteiger partial charge in [0.1, 0.15) is 0 Å². The van der Waals surface area contributed by atoms with E-state index in [0.717, 1.165) is 15.4 Å². The molecule has 1 amide bonds. The van der Waals surface area contributed by atoms with Crippen LogP contribution in [0, 0.1) is 0 Å². The van der Waals surface area contributed by atoms with Crippen LogP contribution in [0.15, 0.2) is 48.5 Å². The third-order valence-corrected chi connectivity index (χ3v) is 5.16. The Balaban J connectivity index is 2.85. The summed E-state index contributed by atoms with van der Waals surface area (Å²) in [5, 5.41) is 0. The Morgan fingerprint density at radius 3 is 1.85 bits per heavy atom. The summed E-state index contributed by atoms with van der Waals surface area (Å²) in [5.74, 6) is 0.109. The van der Waals surface area contributed by atoms with Crippen LogP contribution >= 0.6 is 0 Å². The molecule has 0 unspecified atom stereocenters. The van der Waals surface area contributed by atoms with Crippen LogP contribution in [0.5, 0.6) is 0 Å². The van der Waals surface area contributed by atoms with Gasteiger partial charge in [-0.15, -0.1) is 0 Å². The molecule has 0 aliphatic heterocycles. The van der Waals surface area contributed by atoms with Gasteiger partial charge < -0.3 is 9.92 Å². The van der Waals surface area contributed by atoms with Crippen LogP contribution in [0.3, 0.4) is 0 Å². The predicted molar refractivity (Wildman–Crippen MR) is 103 cm³/mol. The molecule has 2 N–H and O–H groups in total. The molecule has 0 heterocycles. The number of nitrogens with two attached hydrogens (primary N) is 1. The van der Waals surface area contributed by atoms with E-state index in [1.54, 1.807) is 30.3 Å². The number of para-hydroxylation sites is 2. The maximum absolute atomic E-state index is 12.9. The van der Waals surface area contributed by atoms with Gasteiger partial charge >= 0.3 is 16.4 Å². The molecule has 0 radical (unpaired) electrons. The number of carbonyl (C=O) groups excluding carboxylic acids is 1. The number of nitrogens with zero attached hydrogens (tertiary/aromatic N) is 1. The van der Waals surface area contributed by atoms with E-state index in [2.05, 4.69) is 4.18 Å². The molecule has 2 rings (SSSR count). The van der Waals surface area contributed by atoms with Gasteiger partial charge in [0.25, 0.3) is 0 Å². The maximum atomic E-state index is 12.9. The Bertz CT molecular complexity index is 851. The largest absolute Gasteiger partial charge is 0.421 e. The van der Waals surface area contributed by atoms with Crippen LogP contribution in [0.2, 0.25) is 0 Å².